The number of fused-ring (bicyclic) bond motifs is 1. The monoisotopic (exact) mass is 497 g/mol. The molecular formula is C25H17Cl2NO4S. The van der Waals surface area contributed by atoms with Gasteiger partial charge in [-0.25, -0.2) is 4.79 Å². The van der Waals surface area contributed by atoms with Crippen LogP contribution in [0.1, 0.15) is 36.0 Å². The van der Waals surface area contributed by atoms with Gasteiger partial charge in [-0.2, -0.15) is 0 Å². The molecule has 3 aromatic carbocycles. The van der Waals surface area contributed by atoms with Crippen LogP contribution >= 0.6 is 34.5 Å². The van der Waals surface area contributed by atoms with Gasteiger partial charge in [-0.3, -0.25) is 9.59 Å². The van der Waals surface area contributed by atoms with E-state index in [9.17, 15) is 14.4 Å². The third kappa shape index (κ3) is 5.09. The van der Waals surface area contributed by atoms with E-state index in [1.54, 1.807) is 36.4 Å². The lowest BCUT2D eigenvalue weighted by Crippen LogP contribution is -2.13. The summed E-state index contributed by atoms with van der Waals surface area (Å²) < 4.78 is 5.75. The van der Waals surface area contributed by atoms with Gasteiger partial charge in [0.25, 0.3) is 5.91 Å². The molecule has 4 aromatic rings. The molecule has 0 saturated heterocycles. The maximum absolute atomic E-state index is 13.1. The highest BCUT2D eigenvalue weighted by Gasteiger charge is 2.19. The Hall–Kier alpha value is -3.19. The average Bonchev–Trinajstić information content (AvgIpc) is 3.15. The number of hydrogen-bond donors (Lipinski definition) is 1. The van der Waals surface area contributed by atoms with E-state index in [-0.39, 0.29) is 23.7 Å². The maximum Gasteiger partial charge on any atom is 0.337 e. The third-order valence-electron chi connectivity index (χ3n) is 4.93. The van der Waals surface area contributed by atoms with Crippen molar-refractivity contribution in [3.8, 4) is 0 Å². The summed E-state index contributed by atoms with van der Waals surface area (Å²) in [6.07, 6.45) is 0.00118. The molecule has 0 spiro atoms. The van der Waals surface area contributed by atoms with E-state index >= 15 is 0 Å². The number of hydrogen-bond acceptors (Lipinski definition) is 5. The number of rotatable bonds is 6. The Labute approximate surface area is 203 Å². The fourth-order valence-corrected chi connectivity index (χ4v) is 4.97. The molecule has 8 heteroatoms. The highest BCUT2D eigenvalue weighted by molar-refractivity contribution is 7.21. The van der Waals surface area contributed by atoms with Crippen LogP contribution in [0, 0.1) is 0 Å². The number of halogens is 2. The van der Waals surface area contributed by atoms with Crippen LogP contribution < -0.4 is 5.32 Å². The van der Waals surface area contributed by atoms with E-state index in [1.807, 2.05) is 24.3 Å². The minimum absolute atomic E-state index is 0.00118. The second kappa shape index (κ2) is 9.75. The number of benzene rings is 3. The van der Waals surface area contributed by atoms with Crippen molar-refractivity contribution in [2.24, 2.45) is 0 Å². The van der Waals surface area contributed by atoms with Crippen LogP contribution in [0.3, 0.4) is 0 Å². The molecule has 4 rings (SSSR count). The second-order valence-electron chi connectivity index (χ2n) is 7.21. The highest BCUT2D eigenvalue weighted by Crippen LogP contribution is 2.36. The van der Waals surface area contributed by atoms with Crippen molar-refractivity contribution in [3.63, 3.8) is 0 Å². The minimum Gasteiger partial charge on any atom is -0.465 e. The van der Waals surface area contributed by atoms with E-state index in [0.29, 0.717) is 31.7 Å². The number of nitrogens with one attached hydrogen (secondary N) is 1. The summed E-state index contributed by atoms with van der Waals surface area (Å²) >= 11 is 13.7. The number of carbonyl (C=O) groups is 3. The van der Waals surface area contributed by atoms with Gasteiger partial charge in [0, 0.05) is 32.8 Å². The number of carbonyl (C=O) groups excluding carboxylic acids is 3. The minimum atomic E-state index is -0.578. The number of ketones is 1. The predicted molar refractivity (Wildman–Crippen MR) is 132 cm³/mol. The smallest absolute Gasteiger partial charge is 0.337 e. The summed E-state index contributed by atoms with van der Waals surface area (Å²) in [7, 11) is 1.27. The van der Waals surface area contributed by atoms with Gasteiger partial charge in [0.2, 0.25) is 0 Å². The van der Waals surface area contributed by atoms with Crippen molar-refractivity contribution in [1.29, 1.82) is 0 Å². The first-order valence-electron chi connectivity index (χ1n) is 9.85. The maximum atomic E-state index is 13.1. The Morgan fingerprint density at radius 3 is 2.36 bits per heavy atom. The summed E-state index contributed by atoms with van der Waals surface area (Å²) in [5, 5.41) is 4.52. The van der Waals surface area contributed by atoms with E-state index in [2.05, 4.69) is 5.32 Å². The molecule has 1 N–H and O–H groups in total. The number of esters is 1. The molecule has 0 aliphatic heterocycles. The average molecular weight is 498 g/mol. The number of Topliss-reactive ketones (excluding diaryl/α,β-unsaturated/α-hetero) is 1. The Morgan fingerprint density at radius 2 is 1.67 bits per heavy atom. The number of ether oxygens (including phenoxy) is 1. The van der Waals surface area contributed by atoms with Gasteiger partial charge in [0.05, 0.1) is 22.6 Å². The van der Waals surface area contributed by atoms with Crippen molar-refractivity contribution in [2.45, 2.75) is 6.42 Å². The van der Waals surface area contributed by atoms with Gasteiger partial charge in [0.1, 0.15) is 0 Å². The van der Waals surface area contributed by atoms with Gasteiger partial charge in [-0.1, -0.05) is 41.4 Å². The lowest BCUT2D eigenvalue weighted by atomic mass is 10.0. The van der Waals surface area contributed by atoms with Crippen LogP contribution in [0.4, 0.5) is 5.69 Å². The number of amides is 1. The van der Waals surface area contributed by atoms with Gasteiger partial charge >= 0.3 is 5.97 Å². The molecule has 5 nitrogen and oxygen atoms in total. The fraction of sp³-hybridized carbons (Fsp3) is 0.0800. The normalized spacial score (nSPS) is 10.8. The standard InChI is InChI=1S/C25H17Cl2NO4S/c1-32-25(31)16-10-14(11-18(13-16)28-24(30)15-6-8-17(26)9-7-15)12-20(29)23-22(27)19-4-2-3-5-21(19)33-23/h2-11,13H,12H2,1H3,(H,28,30). The third-order valence-corrected chi connectivity index (χ3v) is 6.90. The van der Waals surface area contributed by atoms with Crippen molar-refractivity contribution in [3.05, 3.63) is 98.3 Å². The van der Waals surface area contributed by atoms with Gasteiger partial charge in [-0.15, -0.1) is 11.3 Å². The fourth-order valence-electron chi connectivity index (χ4n) is 3.37. The zero-order chi connectivity index (χ0) is 23.5. The topological polar surface area (TPSA) is 72.5 Å². The van der Waals surface area contributed by atoms with Gasteiger partial charge in [0.15, 0.2) is 5.78 Å². The van der Waals surface area contributed by atoms with Crippen LogP contribution in [0.15, 0.2) is 66.7 Å². The van der Waals surface area contributed by atoms with Crippen LogP contribution in [0.5, 0.6) is 0 Å². The van der Waals surface area contributed by atoms with Crippen LogP contribution in [0.2, 0.25) is 10.0 Å². The summed E-state index contributed by atoms with van der Waals surface area (Å²) in [5.74, 6) is -1.14. The van der Waals surface area contributed by atoms with Crippen molar-refractivity contribution < 1.29 is 19.1 Å². The van der Waals surface area contributed by atoms with Crippen LogP contribution in [0.25, 0.3) is 10.1 Å². The molecule has 0 aliphatic rings. The molecule has 1 aromatic heterocycles. The lowest BCUT2D eigenvalue weighted by molar-refractivity contribution is 0.0600. The Morgan fingerprint density at radius 1 is 0.939 bits per heavy atom. The molecule has 0 saturated carbocycles. The van der Waals surface area contributed by atoms with E-state index in [1.165, 1.54) is 24.5 Å². The molecule has 166 valence electrons. The first kappa shape index (κ1) is 23.0. The molecule has 1 heterocycles. The Bertz CT molecular complexity index is 1380. The predicted octanol–water partition coefficient (Wildman–Crippen LogP) is 6.67. The van der Waals surface area contributed by atoms with Crippen molar-refractivity contribution in [2.75, 3.05) is 12.4 Å². The van der Waals surface area contributed by atoms with Gasteiger partial charge in [-0.05, 0) is 54.1 Å². The summed E-state index contributed by atoms with van der Waals surface area (Å²) in [6.45, 7) is 0. The molecular weight excluding hydrogens is 481 g/mol. The Kier molecular flexibility index (Phi) is 6.79. The van der Waals surface area contributed by atoms with Gasteiger partial charge < -0.3 is 10.1 Å². The van der Waals surface area contributed by atoms with Crippen LogP contribution in [-0.2, 0) is 11.2 Å². The Balaban J connectivity index is 1.63. The zero-order valence-corrected chi connectivity index (χ0v) is 19.7. The van der Waals surface area contributed by atoms with Crippen molar-refractivity contribution in [1.82, 2.24) is 0 Å². The largest absolute Gasteiger partial charge is 0.465 e. The first-order valence-corrected chi connectivity index (χ1v) is 11.4. The molecule has 0 unspecified atom stereocenters. The molecule has 33 heavy (non-hydrogen) atoms. The molecule has 0 aliphatic carbocycles. The number of methoxy groups -OCH3 is 1. The molecule has 0 radical (unpaired) electrons. The molecule has 1 amide bonds. The van der Waals surface area contributed by atoms with Crippen molar-refractivity contribution >= 4 is 68.0 Å². The SMILES string of the molecule is COC(=O)c1cc(CC(=O)c2sc3ccccc3c2Cl)cc(NC(=O)c2ccc(Cl)cc2)c1. The molecule has 0 fully saturated rings. The van der Waals surface area contributed by atoms with E-state index < -0.39 is 5.97 Å². The van der Waals surface area contributed by atoms with E-state index in [4.69, 9.17) is 27.9 Å². The zero-order valence-electron chi connectivity index (χ0n) is 17.4. The molecule has 0 atom stereocenters. The van der Waals surface area contributed by atoms with E-state index in [0.717, 1.165) is 10.1 Å². The summed E-state index contributed by atoms with van der Waals surface area (Å²) in [5.41, 5.74) is 1.53. The number of thiophene rings is 1. The first-order chi connectivity index (χ1) is 15.9. The number of anilines is 1. The van der Waals surface area contributed by atoms with Crippen LogP contribution in [-0.4, -0.2) is 24.8 Å². The summed E-state index contributed by atoms with van der Waals surface area (Å²) in [4.78, 5) is 38.3. The molecule has 0 bridgehead atoms. The quantitative estimate of drug-likeness (QED) is 0.238. The summed E-state index contributed by atoms with van der Waals surface area (Å²) in [6, 6.07) is 18.7. The lowest BCUT2D eigenvalue weighted by Gasteiger charge is -2.10. The second-order valence-corrected chi connectivity index (χ2v) is 9.08. The highest BCUT2D eigenvalue weighted by atomic mass is 35.5.